The quantitative estimate of drug-likeness (QED) is 0.606. The molecule has 0 bridgehead atoms. The summed E-state index contributed by atoms with van der Waals surface area (Å²) in [5.74, 6) is 0.836. The molecule has 0 saturated carbocycles. The molecule has 0 radical (unpaired) electrons. The number of fused-ring (bicyclic) bond motifs is 2. The molecule has 2 aliphatic carbocycles. The molecule has 1 saturated heterocycles. The highest BCUT2D eigenvalue weighted by molar-refractivity contribution is 5.36. The Morgan fingerprint density at radius 1 is 0.714 bits per heavy atom. The van der Waals surface area contributed by atoms with Crippen molar-refractivity contribution in [3.63, 3.8) is 0 Å². The van der Waals surface area contributed by atoms with Crippen LogP contribution >= 0.6 is 0 Å². The fraction of sp³-hybridized carbons (Fsp3) is 0.462. The molecule has 0 amide bonds. The Morgan fingerprint density at radius 2 is 1.18 bits per heavy atom. The predicted molar refractivity (Wildman–Crippen MR) is 113 cm³/mol. The van der Waals surface area contributed by atoms with Crippen LogP contribution in [0.3, 0.4) is 0 Å². The lowest BCUT2D eigenvalue weighted by atomic mass is 9.71. The molecule has 5 rings (SSSR count). The Kier molecular flexibility index (Phi) is 4.96. The average molecular weight is 376 g/mol. The molecule has 146 valence electrons. The minimum absolute atomic E-state index is 0.131. The normalized spacial score (nSPS) is 23.8. The topological polar surface area (TPSA) is 3.24 Å². The summed E-state index contributed by atoms with van der Waals surface area (Å²) in [6.45, 7) is 1.78. The fourth-order valence-electron chi connectivity index (χ4n) is 5.69. The van der Waals surface area contributed by atoms with Crippen molar-refractivity contribution >= 4 is 0 Å². The molecule has 2 heteroatoms. The van der Waals surface area contributed by atoms with Gasteiger partial charge in [-0.2, -0.15) is 4.39 Å². The SMILES string of the molecule is FC(=C(C1CCc2ccccc2C1)C1CCc2ccccc2C1)N1CCCC1. The molecule has 0 spiro atoms. The lowest BCUT2D eigenvalue weighted by molar-refractivity contribution is 0.285. The van der Waals surface area contributed by atoms with E-state index in [0.717, 1.165) is 70.0 Å². The first-order valence-electron chi connectivity index (χ1n) is 11.1. The van der Waals surface area contributed by atoms with Gasteiger partial charge in [-0.3, -0.25) is 0 Å². The van der Waals surface area contributed by atoms with Gasteiger partial charge in [0, 0.05) is 13.1 Å². The molecular formula is C26H30FN. The zero-order valence-electron chi connectivity index (χ0n) is 16.7. The number of hydrogen-bond donors (Lipinski definition) is 0. The van der Waals surface area contributed by atoms with Gasteiger partial charge in [0.05, 0.1) is 0 Å². The van der Waals surface area contributed by atoms with Crippen molar-refractivity contribution in [3.8, 4) is 0 Å². The van der Waals surface area contributed by atoms with Crippen LogP contribution in [0.4, 0.5) is 4.39 Å². The van der Waals surface area contributed by atoms with Gasteiger partial charge in [-0.25, -0.2) is 0 Å². The van der Waals surface area contributed by atoms with Crippen molar-refractivity contribution in [3.05, 3.63) is 82.3 Å². The smallest absolute Gasteiger partial charge is 0.189 e. The molecule has 0 aromatic heterocycles. The first kappa shape index (κ1) is 18.0. The van der Waals surface area contributed by atoms with Crippen LogP contribution in [-0.2, 0) is 25.7 Å². The summed E-state index contributed by atoms with van der Waals surface area (Å²) in [6.07, 6.45) is 8.61. The Hall–Kier alpha value is -2.09. The molecule has 1 nitrogen and oxygen atoms in total. The molecule has 1 aliphatic heterocycles. The molecule has 2 aromatic rings. The van der Waals surface area contributed by atoms with E-state index in [1.54, 1.807) is 0 Å². The Labute approximate surface area is 168 Å². The summed E-state index contributed by atoms with van der Waals surface area (Å²) in [6, 6.07) is 17.6. The van der Waals surface area contributed by atoms with Gasteiger partial charge in [-0.1, -0.05) is 48.5 Å². The largest absolute Gasteiger partial charge is 0.349 e. The first-order chi connectivity index (χ1) is 13.8. The molecule has 2 unspecified atom stereocenters. The summed E-state index contributed by atoms with van der Waals surface area (Å²) < 4.78 is 15.9. The maximum absolute atomic E-state index is 15.9. The summed E-state index contributed by atoms with van der Waals surface area (Å²) >= 11 is 0. The van der Waals surface area contributed by atoms with Gasteiger partial charge in [0.2, 0.25) is 0 Å². The molecule has 2 aromatic carbocycles. The Balaban J connectivity index is 1.49. The summed E-state index contributed by atoms with van der Waals surface area (Å²) in [5, 5.41) is 0. The maximum Gasteiger partial charge on any atom is 0.189 e. The minimum Gasteiger partial charge on any atom is -0.349 e. The molecule has 1 fully saturated rings. The lowest BCUT2D eigenvalue weighted by Gasteiger charge is -2.35. The van der Waals surface area contributed by atoms with Gasteiger partial charge >= 0.3 is 0 Å². The van der Waals surface area contributed by atoms with E-state index < -0.39 is 0 Å². The highest BCUT2D eigenvalue weighted by Crippen LogP contribution is 2.41. The van der Waals surface area contributed by atoms with Crippen LogP contribution < -0.4 is 0 Å². The summed E-state index contributed by atoms with van der Waals surface area (Å²) in [7, 11) is 0. The Morgan fingerprint density at radius 3 is 1.68 bits per heavy atom. The van der Waals surface area contributed by atoms with Crippen LogP contribution in [0.15, 0.2) is 60.1 Å². The summed E-state index contributed by atoms with van der Waals surface area (Å²) in [4.78, 5) is 2.04. The zero-order valence-corrected chi connectivity index (χ0v) is 16.7. The van der Waals surface area contributed by atoms with Gasteiger partial charge in [0.25, 0.3) is 0 Å². The molecule has 2 atom stereocenters. The second-order valence-corrected chi connectivity index (χ2v) is 8.86. The molecule has 1 heterocycles. The van der Waals surface area contributed by atoms with Crippen LogP contribution in [0.1, 0.15) is 47.9 Å². The van der Waals surface area contributed by atoms with Crippen LogP contribution in [0, 0.1) is 11.8 Å². The van der Waals surface area contributed by atoms with Gasteiger partial charge < -0.3 is 4.90 Å². The standard InChI is InChI=1S/C26H30FN/c27-26(28-15-5-6-16-28)25(23-13-11-19-7-1-3-9-21(19)17-23)24-14-12-20-8-2-4-10-22(20)18-24/h1-4,7-10,23-24H,5-6,11-18H2. The fourth-order valence-corrected chi connectivity index (χ4v) is 5.69. The van der Waals surface area contributed by atoms with Crippen LogP contribution in [-0.4, -0.2) is 18.0 Å². The van der Waals surface area contributed by atoms with E-state index in [-0.39, 0.29) is 5.95 Å². The van der Waals surface area contributed by atoms with E-state index in [0.29, 0.717) is 11.8 Å². The third kappa shape index (κ3) is 3.38. The van der Waals surface area contributed by atoms with E-state index >= 15 is 4.39 Å². The third-order valence-corrected chi connectivity index (χ3v) is 7.20. The number of likely N-dealkylation sites (tertiary alicyclic amines) is 1. The third-order valence-electron chi connectivity index (χ3n) is 7.20. The second-order valence-electron chi connectivity index (χ2n) is 8.86. The average Bonchev–Trinajstić information content (AvgIpc) is 3.29. The number of aryl methyl sites for hydroxylation is 2. The molecule has 28 heavy (non-hydrogen) atoms. The number of rotatable bonds is 3. The molecule has 0 N–H and O–H groups in total. The van der Waals surface area contributed by atoms with Gasteiger partial charge in [0.15, 0.2) is 5.95 Å². The number of allylic oxidation sites excluding steroid dienone is 1. The van der Waals surface area contributed by atoms with Crippen molar-refractivity contribution in [1.82, 2.24) is 4.90 Å². The van der Waals surface area contributed by atoms with Crippen LogP contribution in [0.2, 0.25) is 0 Å². The number of hydrogen-bond acceptors (Lipinski definition) is 1. The van der Waals surface area contributed by atoms with E-state index in [9.17, 15) is 0 Å². The number of halogens is 1. The van der Waals surface area contributed by atoms with E-state index in [4.69, 9.17) is 0 Å². The van der Waals surface area contributed by atoms with E-state index in [1.165, 1.54) is 22.3 Å². The van der Waals surface area contributed by atoms with Crippen LogP contribution in [0.5, 0.6) is 0 Å². The highest BCUT2D eigenvalue weighted by atomic mass is 19.1. The van der Waals surface area contributed by atoms with Crippen molar-refractivity contribution in [2.24, 2.45) is 11.8 Å². The Bertz CT molecular complexity index is 818. The molecular weight excluding hydrogens is 345 g/mol. The van der Waals surface area contributed by atoms with Crippen molar-refractivity contribution < 1.29 is 4.39 Å². The number of benzene rings is 2. The number of nitrogens with zero attached hydrogens (tertiary/aromatic N) is 1. The lowest BCUT2D eigenvalue weighted by Crippen LogP contribution is -2.29. The zero-order chi connectivity index (χ0) is 18.9. The van der Waals surface area contributed by atoms with Gasteiger partial charge in [-0.05, 0) is 91.0 Å². The van der Waals surface area contributed by atoms with Gasteiger partial charge in [0.1, 0.15) is 0 Å². The van der Waals surface area contributed by atoms with Gasteiger partial charge in [-0.15, -0.1) is 0 Å². The van der Waals surface area contributed by atoms with Crippen molar-refractivity contribution in [2.45, 2.75) is 51.4 Å². The minimum atomic E-state index is 0.131. The monoisotopic (exact) mass is 375 g/mol. The van der Waals surface area contributed by atoms with Crippen LogP contribution in [0.25, 0.3) is 0 Å². The van der Waals surface area contributed by atoms with Crippen molar-refractivity contribution in [2.75, 3.05) is 13.1 Å². The predicted octanol–water partition coefficient (Wildman–Crippen LogP) is 5.87. The van der Waals surface area contributed by atoms with E-state index in [2.05, 4.69) is 48.5 Å². The van der Waals surface area contributed by atoms with Crippen molar-refractivity contribution in [1.29, 1.82) is 0 Å². The summed E-state index contributed by atoms with van der Waals surface area (Å²) in [5.41, 5.74) is 6.94. The second kappa shape index (κ2) is 7.73. The first-order valence-corrected chi connectivity index (χ1v) is 11.1. The van der Waals surface area contributed by atoms with E-state index in [1.807, 2.05) is 4.90 Å². The highest BCUT2D eigenvalue weighted by Gasteiger charge is 2.34. The molecule has 3 aliphatic rings. The maximum atomic E-state index is 15.9.